The van der Waals surface area contributed by atoms with Crippen molar-refractivity contribution >= 4 is 23.2 Å². The molecule has 1 aromatic rings. The van der Waals surface area contributed by atoms with E-state index in [1.54, 1.807) is 0 Å². The van der Waals surface area contributed by atoms with E-state index in [1.165, 1.54) is 0 Å². The molecule has 78 valence electrons. The van der Waals surface area contributed by atoms with Crippen molar-refractivity contribution in [1.82, 2.24) is 4.90 Å². The third-order valence-corrected chi connectivity index (χ3v) is 2.98. The molecule has 1 aromatic carbocycles. The summed E-state index contributed by atoms with van der Waals surface area (Å²) in [5, 5.41) is 1.43. The van der Waals surface area contributed by atoms with Crippen LogP contribution < -0.4 is 0 Å². The minimum Gasteiger partial charge on any atom is -0.350 e. The van der Waals surface area contributed by atoms with Crippen molar-refractivity contribution < 1.29 is 0 Å². The number of halogens is 2. The Hall–Kier alpha value is -0.920. The van der Waals surface area contributed by atoms with Gasteiger partial charge in [-0.05, 0) is 18.6 Å². The lowest BCUT2D eigenvalue weighted by Crippen LogP contribution is -2.11. The van der Waals surface area contributed by atoms with Gasteiger partial charge in [-0.2, -0.15) is 0 Å². The fraction of sp³-hybridized carbons (Fsp3) is 0.167. The largest absolute Gasteiger partial charge is 0.350 e. The first-order valence-electron chi connectivity index (χ1n) is 4.79. The van der Waals surface area contributed by atoms with Gasteiger partial charge in [0.25, 0.3) is 0 Å². The molecular weight excluding hydrogens is 229 g/mol. The van der Waals surface area contributed by atoms with Crippen molar-refractivity contribution in [3.05, 3.63) is 58.4 Å². The molecule has 0 spiro atoms. The summed E-state index contributed by atoms with van der Waals surface area (Å²) in [5.41, 5.74) is 0.969. The molecule has 1 nitrogen and oxygen atoms in total. The van der Waals surface area contributed by atoms with Crippen LogP contribution >= 0.6 is 23.2 Å². The molecular formula is C12H11Cl2N. The van der Waals surface area contributed by atoms with Gasteiger partial charge in [0.1, 0.15) is 0 Å². The van der Waals surface area contributed by atoms with E-state index < -0.39 is 0 Å². The van der Waals surface area contributed by atoms with Crippen LogP contribution in [0.3, 0.4) is 0 Å². The zero-order chi connectivity index (χ0) is 10.7. The third-order valence-electron chi connectivity index (χ3n) is 2.27. The van der Waals surface area contributed by atoms with Gasteiger partial charge in [0, 0.05) is 34.6 Å². The number of allylic oxidation sites excluding steroid dienone is 2. The lowest BCUT2D eigenvalue weighted by Gasteiger charge is -2.19. The van der Waals surface area contributed by atoms with E-state index in [9.17, 15) is 0 Å². The van der Waals surface area contributed by atoms with Crippen LogP contribution in [0.25, 0.3) is 0 Å². The third kappa shape index (κ3) is 2.55. The van der Waals surface area contributed by atoms with Gasteiger partial charge in [0.05, 0.1) is 0 Å². The summed E-state index contributed by atoms with van der Waals surface area (Å²) >= 11 is 12.2. The molecule has 15 heavy (non-hydrogen) atoms. The summed E-state index contributed by atoms with van der Waals surface area (Å²) in [6.45, 7) is 0.714. The van der Waals surface area contributed by atoms with Gasteiger partial charge >= 0.3 is 0 Å². The van der Waals surface area contributed by atoms with Crippen LogP contribution in [-0.2, 0) is 6.54 Å². The minimum atomic E-state index is 0.714. The highest BCUT2D eigenvalue weighted by molar-refractivity contribution is 6.35. The van der Waals surface area contributed by atoms with Crippen molar-refractivity contribution in [2.75, 3.05) is 0 Å². The Kier molecular flexibility index (Phi) is 3.34. The SMILES string of the molecule is Clc1cccc(Cl)c1CN1C=CCC=C1. The quantitative estimate of drug-likeness (QED) is 0.747. The van der Waals surface area contributed by atoms with Crippen LogP contribution in [-0.4, -0.2) is 4.90 Å². The Morgan fingerprint density at radius 3 is 2.27 bits per heavy atom. The average molecular weight is 240 g/mol. The van der Waals surface area contributed by atoms with Crippen LogP contribution in [0.4, 0.5) is 0 Å². The summed E-state index contributed by atoms with van der Waals surface area (Å²) in [7, 11) is 0. The maximum Gasteiger partial charge on any atom is 0.0499 e. The highest BCUT2D eigenvalue weighted by Crippen LogP contribution is 2.26. The second kappa shape index (κ2) is 4.73. The first-order valence-corrected chi connectivity index (χ1v) is 5.55. The number of rotatable bonds is 2. The van der Waals surface area contributed by atoms with Crippen molar-refractivity contribution in [2.24, 2.45) is 0 Å². The first-order chi connectivity index (χ1) is 7.27. The normalized spacial score (nSPS) is 14.7. The van der Waals surface area contributed by atoms with Gasteiger partial charge in [-0.15, -0.1) is 0 Å². The Morgan fingerprint density at radius 1 is 1.07 bits per heavy atom. The topological polar surface area (TPSA) is 3.24 Å². The van der Waals surface area contributed by atoms with Gasteiger partial charge in [0.15, 0.2) is 0 Å². The number of nitrogens with zero attached hydrogens (tertiary/aromatic N) is 1. The lowest BCUT2D eigenvalue weighted by atomic mass is 10.2. The lowest BCUT2D eigenvalue weighted by molar-refractivity contribution is 0.493. The number of hydrogen-bond donors (Lipinski definition) is 0. The first kappa shape index (κ1) is 10.6. The zero-order valence-corrected chi connectivity index (χ0v) is 9.67. The van der Waals surface area contributed by atoms with Crippen molar-refractivity contribution in [3.8, 4) is 0 Å². The molecule has 2 rings (SSSR count). The van der Waals surface area contributed by atoms with Crippen LogP contribution in [0.5, 0.6) is 0 Å². The number of benzene rings is 1. The predicted octanol–water partition coefficient (Wildman–Crippen LogP) is 4.23. The maximum atomic E-state index is 6.09. The van der Waals surface area contributed by atoms with E-state index in [0.29, 0.717) is 6.54 Å². The molecule has 1 aliphatic heterocycles. The molecule has 0 aromatic heterocycles. The molecule has 0 N–H and O–H groups in total. The monoisotopic (exact) mass is 239 g/mol. The molecule has 0 bridgehead atoms. The number of hydrogen-bond acceptors (Lipinski definition) is 1. The van der Waals surface area contributed by atoms with E-state index >= 15 is 0 Å². The van der Waals surface area contributed by atoms with Crippen molar-refractivity contribution in [2.45, 2.75) is 13.0 Å². The molecule has 0 radical (unpaired) electrons. The van der Waals surface area contributed by atoms with Gasteiger partial charge in [-0.25, -0.2) is 0 Å². The molecule has 0 fully saturated rings. The van der Waals surface area contributed by atoms with Crippen molar-refractivity contribution in [1.29, 1.82) is 0 Å². The molecule has 0 saturated heterocycles. The Balaban J connectivity index is 2.20. The average Bonchev–Trinajstić information content (AvgIpc) is 2.25. The molecule has 0 atom stereocenters. The van der Waals surface area contributed by atoms with Crippen molar-refractivity contribution in [3.63, 3.8) is 0 Å². The second-order valence-corrected chi connectivity index (χ2v) is 4.19. The van der Waals surface area contributed by atoms with Gasteiger partial charge in [-0.1, -0.05) is 41.4 Å². The molecule has 1 aliphatic rings. The zero-order valence-electron chi connectivity index (χ0n) is 8.16. The fourth-order valence-electron chi connectivity index (χ4n) is 1.49. The Morgan fingerprint density at radius 2 is 1.67 bits per heavy atom. The summed E-state index contributed by atoms with van der Waals surface area (Å²) in [4.78, 5) is 2.07. The molecule has 0 unspecified atom stereocenters. The maximum absolute atomic E-state index is 6.09. The minimum absolute atomic E-state index is 0.714. The highest BCUT2D eigenvalue weighted by atomic mass is 35.5. The molecule has 0 amide bonds. The summed E-state index contributed by atoms with van der Waals surface area (Å²) < 4.78 is 0. The van der Waals surface area contributed by atoms with E-state index in [2.05, 4.69) is 17.1 Å². The smallest absolute Gasteiger partial charge is 0.0499 e. The fourth-order valence-corrected chi connectivity index (χ4v) is 2.01. The highest BCUT2D eigenvalue weighted by Gasteiger charge is 2.07. The van der Waals surface area contributed by atoms with E-state index in [1.807, 2.05) is 30.6 Å². The summed E-state index contributed by atoms with van der Waals surface area (Å²) in [6, 6.07) is 5.58. The second-order valence-electron chi connectivity index (χ2n) is 3.38. The van der Waals surface area contributed by atoms with Crippen LogP contribution in [0.2, 0.25) is 10.0 Å². The van der Waals surface area contributed by atoms with E-state index in [0.717, 1.165) is 22.0 Å². The van der Waals surface area contributed by atoms with Crippen LogP contribution in [0, 0.1) is 0 Å². The Bertz CT molecular complexity index is 378. The van der Waals surface area contributed by atoms with Gasteiger partial charge in [0.2, 0.25) is 0 Å². The standard InChI is InChI=1S/C12H11Cl2N/c13-11-5-4-6-12(14)10(11)9-15-7-2-1-3-8-15/h2-8H,1,9H2. The molecule has 3 heteroatoms. The summed E-state index contributed by atoms with van der Waals surface area (Å²) in [6.07, 6.45) is 9.28. The molecule has 1 heterocycles. The van der Waals surface area contributed by atoms with E-state index in [-0.39, 0.29) is 0 Å². The Labute approximate surface area is 99.6 Å². The molecule has 0 saturated carbocycles. The van der Waals surface area contributed by atoms with Crippen LogP contribution in [0.15, 0.2) is 42.8 Å². The van der Waals surface area contributed by atoms with Gasteiger partial charge in [-0.3, -0.25) is 0 Å². The van der Waals surface area contributed by atoms with Gasteiger partial charge < -0.3 is 4.90 Å². The predicted molar refractivity (Wildman–Crippen MR) is 64.9 cm³/mol. The molecule has 0 aliphatic carbocycles. The van der Waals surface area contributed by atoms with E-state index in [4.69, 9.17) is 23.2 Å². The summed E-state index contributed by atoms with van der Waals surface area (Å²) in [5.74, 6) is 0. The van der Waals surface area contributed by atoms with Crippen LogP contribution in [0.1, 0.15) is 12.0 Å².